The monoisotopic (exact) mass is 524 g/mol. The van der Waals surface area contributed by atoms with Crippen LogP contribution in [0.15, 0.2) is 48.8 Å². The van der Waals surface area contributed by atoms with Gasteiger partial charge < -0.3 is 10.1 Å². The topological polar surface area (TPSA) is 77.8 Å². The van der Waals surface area contributed by atoms with E-state index in [1.165, 1.54) is 12.1 Å². The molecule has 2 atom stereocenters. The summed E-state index contributed by atoms with van der Waals surface area (Å²) in [4.78, 5) is 13.0. The van der Waals surface area contributed by atoms with Gasteiger partial charge in [0.15, 0.2) is 0 Å². The lowest BCUT2D eigenvalue weighted by Gasteiger charge is -2.18. The molecule has 0 fully saturated rings. The number of aryl methyl sites for hydroxylation is 1. The summed E-state index contributed by atoms with van der Waals surface area (Å²) >= 11 is 6.24. The van der Waals surface area contributed by atoms with Crippen molar-refractivity contribution in [1.29, 1.82) is 0 Å². The van der Waals surface area contributed by atoms with E-state index in [-0.39, 0.29) is 17.2 Å². The molecule has 0 saturated carbocycles. The van der Waals surface area contributed by atoms with E-state index in [4.69, 9.17) is 16.3 Å². The molecule has 4 aromatic rings. The van der Waals surface area contributed by atoms with Gasteiger partial charge in [-0.25, -0.2) is 28.4 Å². The fourth-order valence-electron chi connectivity index (χ4n) is 4.75. The van der Waals surface area contributed by atoms with E-state index < -0.39 is 11.6 Å². The molecule has 37 heavy (non-hydrogen) atoms. The number of ether oxygens (including phenoxy) is 1. The minimum absolute atomic E-state index is 0.0912. The summed E-state index contributed by atoms with van der Waals surface area (Å²) in [6.45, 7) is 4.45. The third-order valence-electron chi connectivity index (χ3n) is 6.50. The molecular formula is C27H27ClF2N6O. The minimum Gasteiger partial charge on any atom is -0.491 e. The van der Waals surface area contributed by atoms with E-state index in [1.54, 1.807) is 11.0 Å². The van der Waals surface area contributed by atoms with Gasteiger partial charge in [0.05, 0.1) is 12.3 Å². The van der Waals surface area contributed by atoms with Crippen LogP contribution in [-0.2, 0) is 6.42 Å². The Hall–Kier alpha value is -3.59. The molecule has 2 unspecified atom stereocenters. The second-order valence-corrected chi connectivity index (χ2v) is 9.54. The van der Waals surface area contributed by atoms with Crippen LogP contribution in [0.1, 0.15) is 54.7 Å². The number of fused-ring (bicyclic) bond motifs is 1. The van der Waals surface area contributed by atoms with Crippen molar-refractivity contribution < 1.29 is 13.5 Å². The van der Waals surface area contributed by atoms with Gasteiger partial charge in [0.2, 0.25) is 5.28 Å². The molecule has 0 spiro atoms. The first-order valence-corrected chi connectivity index (χ1v) is 12.6. The predicted molar refractivity (Wildman–Crippen MR) is 137 cm³/mol. The summed E-state index contributed by atoms with van der Waals surface area (Å²) in [7, 11) is 0. The molecule has 0 aliphatic heterocycles. The number of nitrogens with one attached hydrogen (secondary N) is 1. The van der Waals surface area contributed by atoms with Crippen LogP contribution in [0.5, 0.6) is 5.75 Å². The summed E-state index contributed by atoms with van der Waals surface area (Å²) in [6.07, 6.45) is 4.66. The number of aromatic nitrogens is 5. The second kappa shape index (κ2) is 10.8. The Balaban J connectivity index is 1.21. The SMILES string of the molecule is Cc1ncn(-c2ccccc2OCCCC(C)Nc2nc(Cl)nc3c2CCC3c2ccc(F)cc2F)n1. The molecule has 1 N–H and O–H groups in total. The number of nitrogens with zero attached hydrogens (tertiary/aromatic N) is 5. The van der Waals surface area contributed by atoms with Gasteiger partial charge >= 0.3 is 0 Å². The number of benzene rings is 2. The molecule has 0 amide bonds. The zero-order valence-electron chi connectivity index (χ0n) is 20.6. The highest BCUT2D eigenvalue weighted by atomic mass is 35.5. The van der Waals surface area contributed by atoms with E-state index in [0.717, 1.165) is 35.9 Å². The van der Waals surface area contributed by atoms with E-state index in [0.29, 0.717) is 42.3 Å². The number of hydrogen-bond acceptors (Lipinski definition) is 6. The molecule has 0 radical (unpaired) electrons. The highest BCUT2D eigenvalue weighted by Crippen LogP contribution is 2.41. The largest absolute Gasteiger partial charge is 0.491 e. The Labute approximate surface area is 218 Å². The molecule has 0 bridgehead atoms. The van der Waals surface area contributed by atoms with Gasteiger partial charge in [-0.3, -0.25) is 0 Å². The maximum Gasteiger partial charge on any atom is 0.224 e. The van der Waals surface area contributed by atoms with E-state index in [1.807, 2.05) is 31.2 Å². The number of hydrogen-bond donors (Lipinski definition) is 1. The van der Waals surface area contributed by atoms with Crippen molar-refractivity contribution in [2.75, 3.05) is 11.9 Å². The van der Waals surface area contributed by atoms with E-state index in [9.17, 15) is 8.78 Å². The van der Waals surface area contributed by atoms with Gasteiger partial charge in [-0.15, -0.1) is 0 Å². The van der Waals surface area contributed by atoms with Crippen molar-refractivity contribution in [2.24, 2.45) is 0 Å². The molecule has 10 heteroatoms. The van der Waals surface area contributed by atoms with Gasteiger partial charge in [0, 0.05) is 23.6 Å². The van der Waals surface area contributed by atoms with Gasteiger partial charge in [-0.05, 0) is 74.9 Å². The average molecular weight is 525 g/mol. The third-order valence-corrected chi connectivity index (χ3v) is 6.67. The van der Waals surface area contributed by atoms with Crippen LogP contribution in [0.25, 0.3) is 5.69 Å². The van der Waals surface area contributed by atoms with Crippen LogP contribution in [0.4, 0.5) is 14.6 Å². The first-order chi connectivity index (χ1) is 17.9. The minimum atomic E-state index is -0.600. The van der Waals surface area contributed by atoms with Crippen molar-refractivity contribution in [3.05, 3.63) is 88.4 Å². The Bertz CT molecular complexity index is 1410. The Kier molecular flexibility index (Phi) is 7.32. The van der Waals surface area contributed by atoms with Gasteiger partial charge in [-0.1, -0.05) is 18.2 Å². The number of para-hydroxylation sites is 2. The first-order valence-electron chi connectivity index (χ1n) is 12.3. The Morgan fingerprint density at radius 1 is 1.19 bits per heavy atom. The van der Waals surface area contributed by atoms with Crippen LogP contribution in [0.3, 0.4) is 0 Å². The zero-order valence-corrected chi connectivity index (χ0v) is 21.3. The standard InChI is InChI=1S/C27H27ClF2N6O/c1-16(6-5-13-37-24-8-4-3-7-23(24)36-15-31-17(2)35-36)32-26-21-12-11-20(25(21)33-27(28)34-26)19-10-9-18(29)14-22(19)30/h3-4,7-10,14-16,20H,5-6,11-13H2,1-2H3,(H,32,33,34). The summed E-state index contributed by atoms with van der Waals surface area (Å²) < 4.78 is 35.6. The molecule has 0 saturated heterocycles. The first kappa shape index (κ1) is 25.1. The molecule has 1 aliphatic rings. The Morgan fingerprint density at radius 3 is 2.81 bits per heavy atom. The number of anilines is 1. The normalized spacial score (nSPS) is 15.4. The summed E-state index contributed by atoms with van der Waals surface area (Å²) in [5.41, 5.74) is 2.89. The maximum absolute atomic E-state index is 14.5. The van der Waals surface area contributed by atoms with Crippen LogP contribution >= 0.6 is 11.6 Å². The van der Waals surface area contributed by atoms with Crippen molar-refractivity contribution in [1.82, 2.24) is 24.7 Å². The average Bonchev–Trinajstić information content (AvgIpc) is 3.48. The quantitative estimate of drug-likeness (QED) is 0.213. The third kappa shape index (κ3) is 5.56. The molecule has 192 valence electrons. The van der Waals surface area contributed by atoms with Crippen LogP contribution in [0.2, 0.25) is 5.28 Å². The molecule has 2 aromatic heterocycles. The maximum atomic E-state index is 14.5. The predicted octanol–water partition coefficient (Wildman–Crippen LogP) is 6.04. The fourth-order valence-corrected chi connectivity index (χ4v) is 4.92. The van der Waals surface area contributed by atoms with Crippen LogP contribution in [-0.4, -0.2) is 37.4 Å². The molecule has 2 aromatic carbocycles. The summed E-state index contributed by atoms with van der Waals surface area (Å²) in [5, 5.41) is 7.92. The van der Waals surface area contributed by atoms with Crippen LogP contribution in [0, 0.1) is 18.6 Å². The van der Waals surface area contributed by atoms with Crippen molar-refractivity contribution >= 4 is 17.4 Å². The lowest BCUT2D eigenvalue weighted by atomic mass is 9.96. The molecular weight excluding hydrogens is 498 g/mol. The molecule has 1 aliphatic carbocycles. The highest BCUT2D eigenvalue weighted by molar-refractivity contribution is 6.28. The molecule has 7 nitrogen and oxygen atoms in total. The van der Waals surface area contributed by atoms with Crippen molar-refractivity contribution in [3.63, 3.8) is 0 Å². The van der Waals surface area contributed by atoms with Gasteiger partial charge in [0.1, 0.15) is 41.0 Å². The van der Waals surface area contributed by atoms with E-state index in [2.05, 4.69) is 32.3 Å². The van der Waals surface area contributed by atoms with E-state index >= 15 is 0 Å². The fraction of sp³-hybridized carbons (Fsp3) is 0.333. The number of halogens is 3. The number of rotatable bonds is 9. The molecule has 2 heterocycles. The van der Waals surface area contributed by atoms with Crippen molar-refractivity contribution in [2.45, 2.75) is 51.5 Å². The highest BCUT2D eigenvalue weighted by Gasteiger charge is 2.31. The zero-order chi connectivity index (χ0) is 25.9. The van der Waals surface area contributed by atoms with Gasteiger partial charge in [0.25, 0.3) is 0 Å². The summed E-state index contributed by atoms with van der Waals surface area (Å²) in [6, 6.07) is 11.5. The lowest BCUT2D eigenvalue weighted by molar-refractivity contribution is 0.302. The second-order valence-electron chi connectivity index (χ2n) is 9.20. The Morgan fingerprint density at radius 2 is 2.03 bits per heavy atom. The summed E-state index contributed by atoms with van der Waals surface area (Å²) in [5.74, 6) is 0.649. The molecule has 5 rings (SSSR count). The van der Waals surface area contributed by atoms with Gasteiger partial charge in [-0.2, -0.15) is 5.10 Å². The van der Waals surface area contributed by atoms with Crippen LogP contribution < -0.4 is 10.1 Å². The lowest BCUT2D eigenvalue weighted by Crippen LogP contribution is -2.19. The van der Waals surface area contributed by atoms with Crippen molar-refractivity contribution in [3.8, 4) is 11.4 Å². The smallest absolute Gasteiger partial charge is 0.224 e.